The van der Waals surface area contributed by atoms with Gasteiger partial charge in [-0.25, -0.2) is 0 Å². The van der Waals surface area contributed by atoms with E-state index in [9.17, 15) is 4.79 Å². The Bertz CT molecular complexity index is 399. The van der Waals surface area contributed by atoms with Crippen molar-refractivity contribution in [3.63, 3.8) is 0 Å². The van der Waals surface area contributed by atoms with Crippen LogP contribution in [0.15, 0.2) is 30.3 Å². The van der Waals surface area contributed by atoms with Crippen LogP contribution < -0.4 is 15.1 Å². The van der Waals surface area contributed by atoms with Crippen molar-refractivity contribution in [2.75, 3.05) is 39.3 Å². The monoisotopic (exact) mass is 277 g/mol. The van der Waals surface area contributed by atoms with Crippen LogP contribution in [0.4, 0.5) is 0 Å². The lowest BCUT2D eigenvalue weighted by Crippen LogP contribution is -3.28. The smallest absolute Gasteiger partial charge is 0.275 e. The Balaban J connectivity index is 1.65. The summed E-state index contributed by atoms with van der Waals surface area (Å²) in [5, 5.41) is 3.02. The van der Waals surface area contributed by atoms with Gasteiger partial charge in [-0.3, -0.25) is 4.79 Å². The van der Waals surface area contributed by atoms with Gasteiger partial charge in [-0.2, -0.15) is 0 Å². The maximum absolute atomic E-state index is 12.0. The van der Waals surface area contributed by atoms with Crippen LogP contribution in [-0.4, -0.2) is 45.2 Å². The van der Waals surface area contributed by atoms with Gasteiger partial charge in [0.1, 0.15) is 26.2 Å². The Morgan fingerprint density at radius 1 is 1.10 bits per heavy atom. The van der Waals surface area contributed by atoms with Crippen molar-refractivity contribution in [3.8, 4) is 0 Å². The van der Waals surface area contributed by atoms with Gasteiger partial charge in [0.25, 0.3) is 5.91 Å². The highest BCUT2D eigenvalue weighted by Crippen LogP contribution is 1.96. The minimum atomic E-state index is 0.169. The zero-order valence-corrected chi connectivity index (χ0v) is 12.5. The van der Waals surface area contributed by atoms with Gasteiger partial charge in [0, 0.05) is 6.54 Å². The van der Waals surface area contributed by atoms with Crippen LogP contribution in [0.5, 0.6) is 0 Å². The molecule has 1 amide bonds. The van der Waals surface area contributed by atoms with Gasteiger partial charge >= 0.3 is 0 Å². The van der Waals surface area contributed by atoms with Crippen LogP contribution >= 0.6 is 0 Å². The standard InChI is InChI=1S/C16H25N3O/c1-2-8-18-9-11-19(12-10-18)14-16(20)17-13-15-6-4-3-5-7-15/h3-7H,2,8-14H2,1H3,(H,17,20)/p+2. The molecule has 1 aliphatic rings. The fraction of sp³-hybridized carbons (Fsp3) is 0.562. The lowest BCUT2D eigenvalue weighted by molar-refractivity contribution is -1.01. The van der Waals surface area contributed by atoms with Crippen LogP contribution in [0.25, 0.3) is 0 Å². The number of piperazine rings is 1. The molecule has 1 saturated heterocycles. The van der Waals surface area contributed by atoms with Gasteiger partial charge in [0.2, 0.25) is 0 Å². The zero-order valence-electron chi connectivity index (χ0n) is 12.5. The normalized spacial score (nSPS) is 22.4. The molecule has 0 unspecified atom stereocenters. The summed E-state index contributed by atoms with van der Waals surface area (Å²) in [6.45, 7) is 9.41. The first-order chi connectivity index (χ1) is 9.78. The van der Waals surface area contributed by atoms with Crippen LogP contribution in [0, 0.1) is 0 Å². The molecule has 4 heteroatoms. The first-order valence-corrected chi connectivity index (χ1v) is 7.75. The predicted octanol–water partition coefficient (Wildman–Crippen LogP) is -1.50. The van der Waals surface area contributed by atoms with Crippen LogP contribution in [0.2, 0.25) is 0 Å². The Morgan fingerprint density at radius 3 is 2.40 bits per heavy atom. The van der Waals surface area contributed by atoms with Crippen molar-refractivity contribution in [1.29, 1.82) is 0 Å². The minimum Gasteiger partial charge on any atom is -0.347 e. The summed E-state index contributed by atoms with van der Waals surface area (Å²) >= 11 is 0. The quantitative estimate of drug-likeness (QED) is 0.581. The first-order valence-electron chi connectivity index (χ1n) is 7.75. The van der Waals surface area contributed by atoms with Gasteiger partial charge in [-0.05, 0) is 12.0 Å². The van der Waals surface area contributed by atoms with Crippen LogP contribution in [0.3, 0.4) is 0 Å². The van der Waals surface area contributed by atoms with Crippen molar-refractivity contribution in [2.24, 2.45) is 0 Å². The molecule has 0 atom stereocenters. The molecule has 0 saturated carbocycles. The number of hydrogen-bond acceptors (Lipinski definition) is 1. The Hall–Kier alpha value is -1.39. The molecule has 0 spiro atoms. The first kappa shape index (κ1) is 15.0. The molecule has 0 aromatic heterocycles. The van der Waals surface area contributed by atoms with Gasteiger partial charge < -0.3 is 15.1 Å². The molecule has 20 heavy (non-hydrogen) atoms. The summed E-state index contributed by atoms with van der Waals surface area (Å²) in [4.78, 5) is 15.1. The number of rotatable bonds is 6. The predicted molar refractivity (Wildman–Crippen MR) is 79.7 cm³/mol. The van der Waals surface area contributed by atoms with Gasteiger partial charge in [-0.1, -0.05) is 37.3 Å². The SMILES string of the molecule is CCC[NH+]1CC[NH+](CC(=O)NCc2ccccc2)CC1. The van der Waals surface area contributed by atoms with Crippen molar-refractivity contribution < 1.29 is 14.6 Å². The number of nitrogens with one attached hydrogen (secondary N) is 3. The van der Waals surface area contributed by atoms with E-state index >= 15 is 0 Å². The summed E-state index contributed by atoms with van der Waals surface area (Å²) in [6, 6.07) is 10.1. The molecule has 0 aliphatic carbocycles. The summed E-state index contributed by atoms with van der Waals surface area (Å²) in [5.41, 5.74) is 1.16. The summed E-state index contributed by atoms with van der Waals surface area (Å²) < 4.78 is 0. The van der Waals surface area contributed by atoms with Crippen LogP contribution in [-0.2, 0) is 11.3 Å². The minimum absolute atomic E-state index is 0.169. The molecule has 1 heterocycles. The number of quaternary nitrogens is 2. The van der Waals surface area contributed by atoms with Crippen molar-refractivity contribution >= 4 is 5.91 Å². The average Bonchev–Trinajstić information content (AvgIpc) is 2.49. The molecule has 0 bridgehead atoms. The molecule has 4 nitrogen and oxygen atoms in total. The third-order valence-corrected chi connectivity index (χ3v) is 4.01. The van der Waals surface area contributed by atoms with Crippen molar-refractivity contribution in [3.05, 3.63) is 35.9 Å². The van der Waals surface area contributed by atoms with Crippen LogP contribution in [0.1, 0.15) is 18.9 Å². The van der Waals surface area contributed by atoms with Gasteiger partial charge in [-0.15, -0.1) is 0 Å². The lowest BCUT2D eigenvalue weighted by atomic mass is 10.2. The summed E-state index contributed by atoms with van der Waals surface area (Å²) in [6.07, 6.45) is 1.25. The highest BCUT2D eigenvalue weighted by Gasteiger charge is 2.23. The van der Waals surface area contributed by atoms with E-state index in [4.69, 9.17) is 0 Å². The molecule has 3 N–H and O–H groups in total. The number of carbonyl (C=O) groups is 1. The highest BCUT2D eigenvalue weighted by molar-refractivity contribution is 5.76. The molecule has 1 aromatic rings. The fourth-order valence-corrected chi connectivity index (χ4v) is 2.82. The largest absolute Gasteiger partial charge is 0.347 e. The second-order valence-corrected chi connectivity index (χ2v) is 5.69. The number of carbonyl (C=O) groups excluding carboxylic acids is 1. The third kappa shape index (κ3) is 4.94. The van der Waals surface area contributed by atoms with E-state index in [1.54, 1.807) is 4.90 Å². The average molecular weight is 277 g/mol. The molecule has 1 aliphatic heterocycles. The molecule has 110 valence electrons. The van der Waals surface area contributed by atoms with Gasteiger partial charge in [0.15, 0.2) is 6.54 Å². The highest BCUT2D eigenvalue weighted by atomic mass is 16.2. The molecular weight excluding hydrogens is 250 g/mol. The maximum Gasteiger partial charge on any atom is 0.275 e. The Morgan fingerprint density at radius 2 is 1.75 bits per heavy atom. The Labute approximate surface area is 121 Å². The molecule has 2 rings (SSSR count). The second kappa shape index (κ2) is 8.02. The van der Waals surface area contributed by atoms with E-state index in [1.165, 1.54) is 31.0 Å². The Kier molecular flexibility index (Phi) is 6.02. The molecular formula is C16H27N3O+2. The van der Waals surface area contributed by atoms with Gasteiger partial charge in [0.05, 0.1) is 6.54 Å². The number of hydrogen-bond donors (Lipinski definition) is 3. The second-order valence-electron chi connectivity index (χ2n) is 5.69. The number of benzene rings is 1. The van der Waals surface area contributed by atoms with Crippen molar-refractivity contribution in [1.82, 2.24) is 5.32 Å². The van der Waals surface area contributed by atoms with E-state index in [1.807, 2.05) is 30.3 Å². The van der Waals surface area contributed by atoms with Crippen molar-refractivity contribution in [2.45, 2.75) is 19.9 Å². The van der Waals surface area contributed by atoms with E-state index in [2.05, 4.69) is 12.2 Å². The fourth-order valence-electron chi connectivity index (χ4n) is 2.82. The number of amides is 1. The maximum atomic E-state index is 12.0. The van der Waals surface area contributed by atoms with E-state index in [-0.39, 0.29) is 5.91 Å². The summed E-state index contributed by atoms with van der Waals surface area (Å²) in [5.74, 6) is 0.169. The molecule has 1 aromatic carbocycles. The van der Waals surface area contributed by atoms with E-state index in [0.29, 0.717) is 13.1 Å². The topological polar surface area (TPSA) is 38.0 Å². The molecule has 1 fully saturated rings. The lowest BCUT2D eigenvalue weighted by Gasteiger charge is -2.29. The zero-order chi connectivity index (χ0) is 14.2. The summed E-state index contributed by atoms with van der Waals surface area (Å²) in [7, 11) is 0. The molecule has 0 radical (unpaired) electrons. The van der Waals surface area contributed by atoms with E-state index < -0.39 is 0 Å². The van der Waals surface area contributed by atoms with E-state index in [0.717, 1.165) is 18.7 Å². The third-order valence-electron chi connectivity index (χ3n) is 4.01.